The van der Waals surface area contributed by atoms with Crippen LogP contribution in [0.3, 0.4) is 0 Å². The first-order valence-corrected chi connectivity index (χ1v) is 6.13. The van der Waals surface area contributed by atoms with Gasteiger partial charge in [0.05, 0.1) is 6.04 Å². The van der Waals surface area contributed by atoms with Crippen LogP contribution < -0.4 is 11.1 Å². The summed E-state index contributed by atoms with van der Waals surface area (Å²) in [6.45, 7) is 4.65. The van der Waals surface area contributed by atoms with Crippen molar-refractivity contribution in [3.63, 3.8) is 0 Å². The van der Waals surface area contributed by atoms with Crippen molar-refractivity contribution in [2.24, 2.45) is 17.6 Å². The summed E-state index contributed by atoms with van der Waals surface area (Å²) in [4.78, 5) is 13.9. The summed E-state index contributed by atoms with van der Waals surface area (Å²) in [6, 6.07) is 0.0744. The predicted molar refractivity (Wildman–Crippen MR) is 80.5 cm³/mol. The number of hydrogen-bond acceptors (Lipinski definition) is 3. The summed E-state index contributed by atoms with van der Waals surface area (Å²) in [5, 5.41) is 2.96. The Hall–Kier alpha value is -0.0300. The third-order valence-corrected chi connectivity index (χ3v) is 3.34. The van der Waals surface area contributed by atoms with Gasteiger partial charge in [0.1, 0.15) is 0 Å². The van der Waals surface area contributed by atoms with Gasteiger partial charge < -0.3 is 16.0 Å². The minimum absolute atomic E-state index is 0. The fourth-order valence-electron chi connectivity index (χ4n) is 1.88. The van der Waals surface area contributed by atoms with Gasteiger partial charge in [0.15, 0.2) is 0 Å². The molecule has 0 aromatic heterocycles. The molecule has 2 atom stereocenters. The number of carbonyl (C=O) groups excluding carboxylic acids is 1. The zero-order valence-electron chi connectivity index (χ0n) is 11.7. The van der Waals surface area contributed by atoms with Crippen molar-refractivity contribution < 1.29 is 4.79 Å². The summed E-state index contributed by atoms with van der Waals surface area (Å²) >= 11 is 0. The smallest absolute Gasteiger partial charge is 0.237 e. The first-order chi connectivity index (χ1) is 7.43. The molecule has 4 nitrogen and oxygen atoms in total. The van der Waals surface area contributed by atoms with Crippen LogP contribution >= 0.6 is 24.8 Å². The van der Waals surface area contributed by atoms with Gasteiger partial charge >= 0.3 is 0 Å². The van der Waals surface area contributed by atoms with Crippen molar-refractivity contribution >= 4 is 30.7 Å². The van der Waals surface area contributed by atoms with Gasteiger partial charge in [-0.25, -0.2) is 0 Å². The van der Waals surface area contributed by atoms with Crippen LogP contribution in [0.5, 0.6) is 0 Å². The number of halogens is 2. The quantitative estimate of drug-likeness (QED) is 0.776. The molecule has 1 rings (SSSR count). The Balaban J connectivity index is 0. The maximum absolute atomic E-state index is 11.7. The van der Waals surface area contributed by atoms with Crippen LogP contribution in [0.15, 0.2) is 0 Å². The number of nitrogens with one attached hydrogen (secondary N) is 1. The molecule has 1 saturated carbocycles. The van der Waals surface area contributed by atoms with E-state index in [1.807, 2.05) is 13.8 Å². The Morgan fingerprint density at radius 1 is 1.33 bits per heavy atom. The predicted octanol–water partition coefficient (Wildman–Crippen LogP) is 1.27. The molecule has 0 radical (unpaired) electrons. The van der Waals surface area contributed by atoms with E-state index in [9.17, 15) is 4.79 Å². The molecule has 110 valence electrons. The third-order valence-electron chi connectivity index (χ3n) is 3.34. The van der Waals surface area contributed by atoms with Crippen molar-refractivity contribution in [3.8, 4) is 0 Å². The molecule has 0 bridgehead atoms. The number of amides is 1. The van der Waals surface area contributed by atoms with E-state index in [0.717, 1.165) is 12.5 Å². The Morgan fingerprint density at radius 2 is 1.83 bits per heavy atom. The Kier molecular flexibility index (Phi) is 10.1. The maximum Gasteiger partial charge on any atom is 0.237 e. The second-order valence-electron chi connectivity index (χ2n) is 5.38. The minimum Gasteiger partial charge on any atom is -0.353 e. The Bertz CT molecular complexity index is 243. The average Bonchev–Trinajstić information content (AvgIpc) is 3.00. The van der Waals surface area contributed by atoms with Crippen molar-refractivity contribution in [1.82, 2.24) is 10.2 Å². The van der Waals surface area contributed by atoms with E-state index >= 15 is 0 Å². The molecule has 1 aliphatic rings. The topological polar surface area (TPSA) is 58.4 Å². The fraction of sp³-hybridized carbons (Fsp3) is 0.917. The normalized spacial score (nSPS) is 17.7. The van der Waals surface area contributed by atoms with Crippen molar-refractivity contribution in [3.05, 3.63) is 0 Å². The van der Waals surface area contributed by atoms with E-state index in [-0.39, 0.29) is 42.7 Å². The lowest BCUT2D eigenvalue weighted by Crippen LogP contribution is -2.48. The SMILES string of the molecule is CC(C)[C@H](N)C(=O)NCC(C1CC1)N(C)C.Cl.Cl. The largest absolute Gasteiger partial charge is 0.353 e. The standard InChI is InChI=1S/C12H25N3O.2ClH/c1-8(2)11(13)12(16)14-7-10(15(3)4)9-5-6-9;;/h8-11H,5-7,13H2,1-4H3,(H,14,16);2*1H/t10?,11-;;/m0../s1. The van der Waals surface area contributed by atoms with E-state index in [0.29, 0.717) is 6.04 Å². The van der Waals surface area contributed by atoms with Crippen molar-refractivity contribution in [1.29, 1.82) is 0 Å². The van der Waals surface area contributed by atoms with Crippen LogP contribution in [0.2, 0.25) is 0 Å². The van der Waals surface area contributed by atoms with Gasteiger partial charge in [-0.3, -0.25) is 4.79 Å². The minimum atomic E-state index is -0.387. The molecular formula is C12H27Cl2N3O. The highest BCUT2D eigenvalue weighted by atomic mass is 35.5. The monoisotopic (exact) mass is 299 g/mol. The summed E-state index contributed by atoms with van der Waals surface area (Å²) in [5.41, 5.74) is 5.79. The van der Waals surface area contributed by atoms with Crippen molar-refractivity contribution in [2.75, 3.05) is 20.6 Å². The second kappa shape index (κ2) is 8.97. The molecule has 0 saturated heterocycles. The van der Waals surface area contributed by atoms with Crippen LogP contribution in [0.1, 0.15) is 26.7 Å². The first kappa shape index (κ1) is 20.3. The van der Waals surface area contributed by atoms with Gasteiger partial charge in [-0.2, -0.15) is 0 Å². The Labute approximate surface area is 123 Å². The average molecular weight is 300 g/mol. The fourth-order valence-corrected chi connectivity index (χ4v) is 1.88. The van der Waals surface area contributed by atoms with Crippen LogP contribution in [0, 0.1) is 11.8 Å². The molecule has 1 fully saturated rings. The molecule has 6 heteroatoms. The molecule has 0 spiro atoms. The first-order valence-electron chi connectivity index (χ1n) is 6.13. The highest BCUT2D eigenvalue weighted by molar-refractivity contribution is 5.85. The number of nitrogens with two attached hydrogens (primary N) is 1. The summed E-state index contributed by atoms with van der Waals surface area (Å²) in [5.74, 6) is 0.923. The summed E-state index contributed by atoms with van der Waals surface area (Å²) in [7, 11) is 4.13. The summed E-state index contributed by atoms with van der Waals surface area (Å²) in [6.07, 6.45) is 2.57. The molecule has 3 N–H and O–H groups in total. The van der Waals surface area contributed by atoms with E-state index in [2.05, 4.69) is 24.3 Å². The van der Waals surface area contributed by atoms with Gasteiger partial charge in [0.2, 0.25) is 5.91 Å². The van der Waals surface area contributed by atoms with Gasteiger partial charge in [0.25, 0.3) is 0 Å². The molecule has 18 heavy (non-hydrogen) atoms. The van der Waals surface area contributed by atoms with Crippen molar-refractivity contribution in [2.45, 2.75) is 38.8 Å². The van der Waals surface area contributed by atoms with E-state index in [1.54, 1.807) is 0 Å². The molecule has 0 aromatic rings. The highest BCUT2D eigenvalue weighted by Gasteiger charge is 2.33. The molecular weight excluding hydrogens is 273 g/mol. The summed E-state index contributed by atoms with van der Waals surface area (Å²) < 4.78 is 0. The lowest BCUT2D eigenvalue weighted by atomic mass is 10.0. The van der Waals surface area contributed by atoms with E-state index in [1.165, 1.54) is 12.8 Å². The number of carbonyl (C=O) groups is 1. The molecule has 0 heterocycles. The van der Waals surface area contributed by atoms with Gasteiger partial charge in [-0.15, -0.1) is 24.8 Å². The van der Waals surface area contributed by atoms with E-state index in [4.69, 9.17) is 5.73 Å². The number of nitrogens with zero attached hydrogens (tertiary/aromatic N) is 1. The second-order valence-corrected chi connectivity index (χ2v) is 5.38. The van der Waals surface area contributed by atoms with Crippen LogP contribution in [0.25, 0.3) is 0 Å². The van der Waals surface area contributed by atoms with Crippen LogP contribution in [-0.2, 0) is 4.79 Å². The van der Waals surface area contributed by atoms with Gasteiger partial charge in [-0.05, 0) is 38.8 Å². The van der Waals surface area contributed by atoms with Gasteiger partial charge in [-0.1, -0.05) is 13.8 Å². The van der Waals surface area contributed by atoms with Crippen LogP contribution in [-0.4, -0.2) is 43.5 Å². The maximum atomic E-state index is 11.7. The zero-order chi connectivity index (χ0) is 12.3. The zero-order valence-corrected chi connectivity index (χ0v) is 13.3. The highest BCUT2D eigenvalue weighted by Crippen LogP contribution is 2.34. The molecule has 1 aliphatic carbocycles. The lowest BCUT2D eigenvalue weighted by molar-refractivity contribution is -0.123. The molecule has 0 aromatic carbocycles. The lowest BCUT2D eigenvalue weighted by Gasteiger charge is -2.25. The Morgan fingerprint density at radius 3 is 2.17 bits per heavy atom. The number of hydrogen-bond donors (Lipinski definition) is 2. The molecule has 0 aliphatic heterocycles. The van der Waals surface area contributed by atoms with Gasteiger partial charge in [0, 0.05) is 12.6 Å². The number of likely N-dealkylation sites (N-methyl/N-ethyl adjacent to an activating group) is 1. The number of rotatable bonds is 6. The molecule has 1 amide bonds. The molecule has 1 unspecified atom stereocenters. The van der Waals surface area contributed by atoms with E-state index < -0.39 is 0 Å². The third kappa shape index (κ3) is 6.23. The van der Waals surface area contributed by atoms with Crippen LogP contribution in [0.4, 0.5) is 0 Å².